The molecule has 0 amide bonds. The third-order valence-corrected chi connectivity index (χ3v) is 3.80. The lowest BCUT2D eigenvalue weighted by atomic mass is 10.0. The number of rotatable bonds is 2. The number of allylic oxidation sites excluding steroid dienone is 1. The summed E-state index contributed by atoms with van der Waals surface area (Å²) in [4.78, 5) is 2.66. The monoisotopic (exact) mass is 207 g/mol. The molecule has 1 heterocycles. The Morgan fingerprint density at radius 2 is 1.93 bits per heavy atom. The summed E-state index contributed by atoms with van der Waals surface area (Å²) in [6.07, 6.45) is 12.5. The van der Waals surface area contributed by atoms with E-state index < -0.39 is 0 Å². The molecule has 1 fully saturated rings. The Morgan fingerprint density at radius 1 is 1.13 bits per heavy atom. The van der Waals surface area contributed by atoms with Crippen LogP contribution in [0.3, 0.4) is 0 Å². The van der Waals surface area contributed by atoms with Crippen molar-refractivity contribution >= 4 is 0 Å². The molecule has 1 aliphatic carbocycles. The van der Waals surface area contributed by atoms with Crippen LogP contribution in [-0.4, -0.2) is 24.5 Å². The van der Waals surface area contributed by atoms with Crippen LogP contribution < -0.4 is 0 Å². The zero-order valence-electron chi connectivity index (χ0n) is 10.2. The SMILES string of the molecule is CC1C=C(CN2CCCCC2)CCCC1. The molecule has 0 radical (unpaired) electrons. The van der Waals surface area contributed by atoms with E-state index in [1.54, 1.807) is 5.57 Å². The van der Waals surface area contributed by atoms with Crippen molar-refractivity contribution in [3.8, 4) is 0 Å². The van der Waals surface area contributed by atoms with Gasteiger partial charge in [-0.2, -0.15) is 0 Å². The van der Waals surface area contributed by atoms with Gasteiger partial charge in [-0.3, -0.25) is 4.90 Å². The van der Waals surface area contributed by atoms with Crippen LogP contribution in [0.25, 0.3) is 0 Å². The van der Waals surface area contributed by atoms with Crippen molar-refractivity contribution in [1.29, 1.82) is 0 Å². The van der Waals surface area contributed by atoms with Gasteiger partial charge in [-0.15, -0.1) is 0 Å². The van der Waals surface area contributed by atoms with Crippen molar-refractivity contribution in [2.45, 2.75) is 51.9 Å². The van der Waals surface area contributed by atoms with E-state index in [9.17, 15) is 0 Å². The van der Waals surface area contributed by atoms with Crippen LogP contribution in [0, 0.1) is 5.92 Å². The first-order chi connectivity index (χ1) is 7.34. The molecule has 0 aromatic heterocycles. The highest BCUT2D eigenvalue weighted by Crippen LogP contribution is 2.23. The fraction of sp³-hybridized carbons (Fsp3) is 0.857. The quantitative estimate of drug-likeness (QED) is 0.625. The number of hydrogen-bond donors (Lipinski definition) is 0. The third-order valence-electron chi connectivity index (χ3n) is 3.80. The highest BCUT2D eigenvalue weighted by molar-refractivity contribution is 5.08. The van der Waals surface area contributed by atoms with Gasteiger partial charge in [-0.05, 0) is 51.1 Å². The molecule has 15 heavy (non-hydrogen) atoms. The van der Waals surface area contributed by atoms with E-state index in [1.807, 2.05) is 0 Å². The average molecular weight is 207 g/mol. The van der Waals surface area contributed by atoms with Gasteiger partial charge in [0.15, 0.2) is 0 Å². The maximum absolute atomic E-state index is 2.66. The van der Waals surface area contributed by atoms with Crippen LogP contribution in [-0.2, 0) is 0 Å². The lowest BCUT2D eigenvalue weighted by Crippen LogP contribution is -2.31. The van der Waals surface area contributed by atoms with Crippen LogP contribution in [0.5, 0.6) is 0 Å². The van der Waals surface area contributed by atoms with Crippen molar-refractivity contribution in [3.05, 3.63) is 11.6 Å². The van der Waals surface area contributed by atoms with Gasteiger partial charge in [-0.25, -0.2) is 0 Å². The molecule has 1 aliphatic heterocycles. The van der Waals surface area contributed by atoms with Crippen LogP contribution in [0.15, 0.2) is 11.6 Å². The lowest BCUT2D eigenvalue weighted by Gasteiger charge is -2.27. The molecule has 0 N–H and O–H groups in total. The van der Waals surface area contributed by atoms with Crippen molar-refractivity contribution < 1.29 is 0 Å². The first-order valence-corrected chi connectivity index (χ1v) is 6.76. The molecule has 1 nitrogen and oxygen atoms in total. The molecule has 1 saturated heterocycles. The molecule has 0 spiro atoms. The molecule has 2 rings (SSSR count). The minimum atomic E-state index is 0.826. The van der Waals surface area contributed by atoms with Gasteiger partial charge >= 0.3 is 0 Å². The average Bonchev–Trinajstić information content (AvgIpc) is 2.44. The van der Waals surface area contributed by atoms with E-state index in [-0.39, 0.29) is 0 Å². The number of hydrogen-bond acceptors (Lipinski definition) is 1. The molecular formula is C14H25N. The second-order valence-electron chi connectivity index (χ2n) is 5.38. The van der Waals surface area contributed by atoms with E-state index in [2.05, 4.69) is 17.9 Å². The van der Waals surface area contributed by atoms with Crippen LogP contribution in [0.2, 0.25) is 0 Å². The second kappa shape index (κ2) is 5.69. The Bertz CT molecular complexity index is 213. The van der Waals surface area contributed by atoms with E-state index in [0.29, 0.717) is 0 Å². The molecular weight excluding hydrogens is 182 g/mol. The molecule has 1 atom stereocenters. The van der Waals surface area contributed by atoms with Crippen LogP contribution in [0.1, 0.15) is 51.9 Å². The zero-order chi connectivity index (χ0) is 10.5. The van der Waals surface area contributed by atoms with Crippen molar-refractivity contribution in [2.24, 2.45) is 5.92 Å². The van der Waals surface area contributed by atoms with E-state index in [0.717, 1.165) is 5.92 Å². The van der Waals surface area contributed by atoms with E-state index in [4.69, 9.17) is 0 Å². The van der Waals surface area contributed by atoms with Gasteiger partial charge in [0.05, 0.1) is 0 Å². The van der Waals surface area contributed by atoms with Crippen LogP contribution >= 0.6 is 0 Å². The maximum atomic E-state index is 2.66. The predicted octanol–water partition coefficient (Wildman–Crippen LogP) is 3.61. The zero-order valence-corrected chi connectivity index (χ0v) is 10.2. The normalized spacial score (nSPS) is 29.7. The molecule has 1 heteroatoms. The Balaban J connectivity index is 1.85. The number of likely N-dealkylation sites (tertiary alicyclic amines) is 1. The van der Waals surface area contributed by atoms with Gasteiger partial charge < -0.3 is 0 Å². The Morgan fingerprint density at radius 3 is 2.73 bits per heavy atom. The predicted molar refractivity (Wildman–Crippen MR) is 66.0 cm³/mol. The highest BCUT2D eigenvalue weighted by atomic mass is 15.1. The molecule has 0 aromatic rings. The fourth-order valence-corrected chi connectivity index (χ4v) is 2.92. The minimum absolute atomic E-state index is 0.826. The molecule has 86 valence electrons. The van der Waals surface area contributed by atoms with Gasteiger partial charge in [0, 0.05) is 6.54 Å². The molecule has 0 aromatic carbocycles. The van der Waals surface area contributed by atoms with Crippen molar-refractivity contribution in [2.75, 3.05) is 19.6 Å². The summed E-state index contributed by atoms with van der Waals surface area (Å²) < 4.78 is 0. The summed E-state index contributed by atoms with van der Waals surface area (Å²) >= 11 is 0. The third kappa shape index (κ3) is 3.64. The minimum Gasteiger partial charge on any atom is -0.299 e. The van der Waals surface area contributed by atoms with Gasteiger partial charge in [0.2, 0.25) is 0 Å². The molecule has 2 aliphatic rings. The first-order valence-electron chi connectivity index (χ1n) is 6.76. The standard InChI is InChI=1S/C14H25N/c1-13-7-3-4-8-14(11-13)12-15-9-5-2-6-10-15/h11,13H,2-10,12H2,1H3. The Hall–Kier alpha value is -0.300. The molecule has 0 saturated carbocycles. The first kappa shape index (κ1) is 11.2. The van der Waals surface area contributed by atoms with E-state index in [1.165, 1.54) is 64.6 Å². The summed E-state index contributed by atoms with van der Waals surface area (Å²) in [5, 5.41) is 0. The van der Waals surface area contributed by atoms with Crippen molar-refractivity contribution in [3.63, 3.8) is 0 Å². The molecule has 1 unspecified atom stereocenters. The van der Waals surface area contributed by atoms with Crippen LogP contribution in [0.4, 0.5) is 0 Å². The Labute approximate surface area is 94.5 Å². The summed E-state index contributed by atoms with van der Waals surface area (Å²) in [5.41, 5.74) is 1.72. The Kier molecular flexibility index (Phi) is 4.25. The summed E-state index contributed by atoms with van der Waals surface area (Å²) in [6.45, 7) is 6.32. The smallest absolute Gasteiger partial charge is 0.0192 e. The largest absolute Gasteiger partial charge is 0.299 e. The van der Waals surface area contributed by atoms with Gasteiger partial charge in [-0.1, -0.05) is 31.4 Å². The maximum Gasteiger partial charge on any atom is 0.0192 e. The summed E-state index contributed by atoms with van der Waals surface area (Å²) in [5.74, 6) is 0.826. The highest BCUT2D eigenvalue weighted by Gasteiger charge is 2.14. The second-order valence-corrected chi connectivity index (χ2v) is 5.38. The topological polar surface area (TPSA) is 3.24 Å². The number of piperidine rings is 1. The van der Waals surface area contributed by atoms with Gasteiger partial charge in [0.1, 0.15) is 0 Å². The van der Waals surface area contributed by atoms with E-state index >= 15 is 0 Å². The fourth-order valence-electron chi connectivity index (χ4n) is 2.92. The lowest BCUT2D eigenvalue weighted by molar-refractivity contribution is 0.244. The number of nitrogens with zero attached hydrogens (tertiary/aromatic N) is 1. The summed E-state index contributed by atoms with van der Waals surface area (Å²) in [7, 11) is 0. The van der Waals surface area contributed by atoms with Gasteiger partial charge in [0.25, 0.3) is 0 Å². The molecule has 0 bridgehead atoms. The van der Waals surface area contributed by atoms with Crippen molar-refractivity contribution in [1.82, 2.24) is 4.90 Å². The summed E-state index contributed by atoms with van der Waals surface area (Å²) in [6, 6.07) is 0.